The van der Waals surface area contributed by atoms with Crippen LogP contribution in [0, 0.1) is 6.57 Å². The highest BCUT2D eigenvalue weighted by atomic mass is 32.1. The van der Waals surface area contributed by atoms with Gasteiger partial charge in [0.25, 0.3) is 11.6 Å². The van der Waals surface area contributed by atoms with Crippen molar-refractivity contribution in [3.8, 4) is 21.5 Å². The third-order valence-electron chi connectivity index (χ3n) is 6.59. The number of carbonyl (C=O) groups excluding carboxylic acids is 1. The van der Waals surface area contributed by atoms with Crippen molar-refractivity contribution >= 4 is 72.4 Å². The Morgan fingerprint density at radius 2 is 1.86 bits per heavy atom. The van der Waals surface area contributed by atoms with Gasteiger partial charge in [-0.3, -0.25) is 4.79 Å². The Morgan fingerprint density at radius 3 is 2.65 bits per heavy atom. The molecule has 3 aromatic heterocycles. The fraction of sp³-hybridized carbons (Fsp3) is 0. The average Bonchev–Trinajstić information content (AvgIpc) is 3.80. The van der Waals surface area contributed by atoms with Crippen molar-refractivity contribution in [2.45, 2.75) is 0 Å². The first kappa shape index (κ1) is 26.1. The van der Waals surface area contributed by atoms with Gasteiger partial charge in [0, 0.05) is 28.2 Å². The molecule has 206 valence electrons. The van der Waals surface area contributed by atoms with Gasteiger partial charge in [0.1, 0.15) is 10.7 Å². The molecule has 0 saturated heterocycles. The number of hydrogen-bond acceptors (Lipinski definition) is 9. The van der Waals surface area contributed by atoms with Crippen molar-refractivity contribution in [3.05, 3.63) is 114 Å². The van der Waals surface area contributed by atoms with Crippen molar-refractivity contribution in [1.82, 2.24) is 19.7 Å². The van der Waals surface area contributed by atoms with E-state index in [2.05, 4.69) is 30.5 Å². The number of nitrogens with zero attached hydrogens (tertiary/aromatic N) is 7. The summed E-state index contributed by atoms with van der Waals surface area (Å²) < 4.78 is 2.40. The second kappa shape index (κ2) is 10.9. The minimum Gasteiger partial charge on any atom is -0.505 e. The summed E-state index contributed by atoms with van der Waals surface area (Å²) >= 11 is 2.77. The summed E-state index contributed by atoms with van der Waals surface area (Å²) in [4.78, 5) is 25.7. The number of amides is 1. The second-order valence-corrected chi connectivity index (χ2v) is 11.2. The van der Waals surface area contributed by atoms with Gasteiger partial charge in [-0.25, -0.2) is 14.8 Å². The molecule has 4 aromatic carbocycles. The molecule has 0 spiro atoms. The zero-order valence-electron chi connectivity index (χ0n) is 22.0. The SMILES string of the molecule is [C-]#[N+]c1cnn(-c2nccs2)c1N=Nc1c(O)c(-c2nc3ccccc3s2)cc2cc(C(=O)Nc3ccccc3)ccc12. The number of nitrogens with one attached hydrogen (secondary N) is 1. The fourth-order valence-electron chi connectivity index (χ4n) is 4.56. The lowest BCUT2D eigenvalue weighted by molar-refractivity contribution is 0.102. The molecule has 3 heterocycles. The van der Waals surface area contributed by atoms with E-state index in [1.807, 2.05) is 54.6 Å². The number of fused-ring (bicyclic) bond motifs is 2. The van der Waals surface area contributed by atoms with E-state index in [9.17, 15) is 9.90 Å². The van der Waals surface area contributed by atoms with Crippen LogP contribution in [0.25, 0.3) is 41.5 Å². The van der Waals surface area contributed by atoms with Crippen LogP contribution < -0.4 is 5.32 Å². The summed E-state index contributed by atoms with van der Waals surface area (Å²) in [6.45, 7) is 7.58. The van der Waals surface area contributed by atoms with Crippen LogP contribution in [0.3, 0.4) is 0 Å². The van der Waals surface area contributed by atoms with Crippen LogP contribution in [0.5, 0.6) is 5.75 Å². The molecule has 10 nitrogen and oxygen atoms in total. The zero-order chi connectivity index (χ0) is 29.3. The van der Waals surface area contributed by atoms with Crippen LogP contribution in [0.2, 0.25) is 0 Å². The lowest BCUT2D eigenvalue weighted by Crippen LogP contribution is -2.11. The first-order chi connectivity index (χ1) is 21.1. The predicted octanol–water partition coefficient (Wildman–Crippen LogP) is 8.68. The van der Waals surface area contributed by atoms with Crippen molar-refractivity contribution in [1.29, 1.82) is 0 Å². The van der Waals surface area contributed by atoms with E-state index in [0.29, 0.717) is 37.7 Å². The molecule has 0 radical (unpaired) electrons. The molecule has 7 rings (SSSR count). The number of para-hydroxylation sites is 2. The highest BCUT2D eigenvalue weighted by Gasteiger charge is 2.20. The summed E-state index contributed by atoms with van der Waals surface area (Å²) in [6, 6.07) is 23.8. The largest absolute Gasteiger partial charge is 0.505 e. The molecule has 0 saturated carbocycles. The van der Waals surface area contributed by atoms with Gasteiger partial charge < -0.3 is 10.4 Å². The highest BCUT2D eigenvalue weighted by Crippen LogP contribution is 2.46. The normalized spacial score (nSPS) is 11.3. The molecule has 0 aliphatic heterocycles. The predicted molar refractivity (Wildman–Crippen MR) is 168 cm³/mol. The van der Waals surface area contributed by atoms with Crippen molar-refractivity contribution in [2.75, 3.05) is 5.32 Å². The number of hydrogen-bond donors (Lipinski definition) is 2. The standard InChI is InChI=1S/C31H18N8O2S2/c1-32-24-17-34-39(31-33-13-14-42-31)28(24)38-37-26-21-12-11-18(29(41)35-20-7-3-2-4-8-20)15-19(21)16-22(27(26)40)30-36-23-9-5-6-10-25(23)43-30/h2-17,40H,(H,35,41). The highest BCUT2D eigenvalue weighted by molar-refractivity contribution is 7.21. The minimum atomic E-state index is -0.278. The first-order valence-corrected chi connectivity index (χ1v) is 14.6. The number of aromatic hydroxyl groups is 1. The topological polar surface area (TPSA) is 122 Å². The quantitative estimate of drug-likeness (QED) is 0.146. The van der Waals surface area contributed by atoms with Gasteiger partial charge in [-0.05, 0) is 47.9 Å². The van der Waals surface area contributed by atoms with Crippen LogP contribution in [0.4, 0.5) is 22.9 Å². The Bertz CT molecular complexity index is 2180. The van der Waals surface area contributed by atoms with Crippen LogP contribution >= 0.6 is 22.7 Å². The molecule has 0 unspecified atom stereocenters. The maximum absolute atomic E-state index is 13.1. The van der Waals surface area contributed by atoms with Gasteiger partial charge in [-0.2, -0.15) is 9.78 Å². The monoisotopic (exact) mass is 598 g/mol. The van der Waals surface area contributed by atoms with E-state index < -0.39 is 0 Å². The Labute approximate surface area is 252 Å². The van der Waals surface area contributed by atoms with Gasteiger partial charge in [0.05, 0.1) is 28.5 Å². The molecule has 1 amide bonds. The summed E-state index contributed by atoms with van der Waals surface area (Å²) in [7, 11) is 0. The Balaban J connectivity index is 1.39. The third kappa shape index (κ3) is 4.88. The number of rotatable bonds is 6. The zero-order valence-corrected chi connectivity index (χ0v) is 23.7. The second-order valence-electron chi connectivity index (χ2n) is 9.26. The number of carbonyl (C=O) groups is 1. The number of benzene rings is 4. The lowest BCUT2D eigenvalue weighted by Gasteiger charge is -2.11. The summed E-state index contributed by atoms with van der Waals surface area (Å²) in [6.07, 6.45) is 3.03. The number of anilines is 1. The van der Waals surface area contributed by atoms with Gasteiger partial charge >= 0.3 is 0 Å². The van der Waals surface area contributed by atoms with E-state index in [1.165, 1.54) is 33.6 Å². The smallest absolute Gasteiger partial charge is 0.255 e. The van der Waals surface area contributed by atoms with Gasteiger partial charge in [0.15, 0.2) is 11.6 Å². The molecule has 12 heteroatoms. The third-order valence-corrected chi connectivity index (χ3v) is 8.41. The minimum absolute atomic E-state index is 0.124. The van der Waals surface area contributed by atoms with Crippen LogP contribution in [0.15, 0.2) is 107 Å². The van der Waals surface area contributed by atoms with Crippen molar-refractivity contribution < 1.29 is 9.90 Å². The number of azo groups is 1. The van der Waals surface area contributed by atoms with Crippen molar-refractivity contribution in [2.24, 2.45) is 10.2 Å². The number of phenolic OH excluding ortho intramolecular Hbond substituents is 1. The van der Waals surface area contributed by atoms with E-state index >= 15 is 0 Å². The average molecular weight is 599 g/mol. The molecule has 0 fully saturated rings. The Morgan fingerprint density at radius 1 is 1.02 bits per heavy atom. The molecular formula is C31H18N8O2S2. The molecule has 43 heavy (non-hydrogen) atoms. The molecule has 0 aliphatic carbocycles. The van der Waals surface area contributed by atoms with E-state index in [-0.39, 0.29) is 28.8 Å². The number of aromatic nitrogens is 4. The molecule has 0 atom stereocenters. The van der Waals surface area contributed by atoms with Crippen molar-refractivity contribution in [3.63, 3.8) is 0 Å². The molecule has 7 aromatic rings. The summed E-state index contributed by atoms with van der Waals surface area (Å²) in [5, 5.41) is 31.7. The van der Waals surface area contributed by atoms with Crippen LogP contribution in [-0.2, 0) is 0 Å². The maximum atomic E-state index is 13.1. The van der Waals surface area contributed by atoms with Crippen LogP contribution in [-0.4, -0.2) is 30.8 Å². The lowest BCUT2D eigenvalue weighted by atomic mass is 10.0. The number of phenols is 1. The van der Waals surface area contributed by atoms with E-state index in [4.69, 9.17) is 11.6 Å². The van der Waals surface area contributed by atoms with E-state index in [1.54, 1.807) is 35.8 Å². The molecule has 0 bridgehead atoms. The number of thiazole rings is 2. The maximum Gasteiger partial charge on any atom is 0.255 e. The Kier molecular flexibility index (Phi) is 6.63. The first-order valence-electron chi connectivity index (χ1n) is 12.9. The molecule has 2 N–H and O–H groups in total. The Hall–Kier alpha value is -5.77. The fourth-order valence-corrected chi connectivity index (χ4v) is 6.14. The molecule has 0 aliphatic rings. The van der Waals surface area contributed by atoms with Crippen LogP contribution in [0.1, 0.15) is 10.4 Å². The van der Waals surface area contributed by atoms with Gasteiger partial charge in [-0.1, -0.05) is 36.4 Å². The summed E-state index contributed by atoms with van der Waals surface area (Å²) in [5.74, 6) is -0.219. The summed E-state index contributed by atoms with van der Waals surface area (Å²) in [5.41, 5.74) is 2.71. The van der Waals surface area contributed by atoms with E-state index in [0.717, 1.165) is 10.2 Å². The van der Waals surface area contributed by atoms with Gasteiger partial charge in [0.2, 0.25) is 5.13 Å². The van der Waals surface area contributed by atoms with Gasteiger partial charge in [-0.15, -0.1) is 32.9 Å². The molecular weight excluding hydrogens is 581 g/mol.